The molecule has 0 atom stereocenters. The molecule has 0 unspecified atom stereocenters. The molecule has 0 aliphatic carbocycles. The van der Waals surface area contributed by atoms with Crippen LogP contribution in [0.3, 0.4) is 0 Å². The highest BCUT2D eigenvalue weighted by Gasteiger charge is 2.21. The van der Waals surface area contributed by atoms with Gasteiger partial charge in [-0.1, -0.05) is 24.3 Å². The van der Waals surface area contributed by atoms with Crippen LogP contribution in [0.1, 0.15) is 22.3 Å². The van der Waals surface area contributed by atoms with Crippen molar-refractivity contribution < 1.29 is 0 Å². The third-order valence-corrected chi connectivity index (χ3v) is 5.84. The zero-order chi connectivity index (χ0) is 20.3. The first kappa shape index (κ1) is 20.6. The minimum atomic E-state index is 0.779. The van der Waals surface area contributed by atoms with Gasteiger partial charge in [-0.2, -0.15) is 0 Å². The Bertz CT molecular complexity index is 813. The lowest BCUT2D eigenvalue weighted by Gasteiger charge is -2.37. The molecule has 6 heteroatoms. The summed E-state index contributed by atoms with van der Waals surface area (Å²) in [5, 5.41) is 8.38. The smallest absolute Gasteiger partial charge is 0.173 e. The van der Waals surface area contributed by atoms with Crippen LogP contribution in [0.2, 0.25) is 0 Å². The van der Waals surface area contributed by atoms with E-state index in [1.54, 1.807) is 0 Å². The first-order valence-corrected chi connectivity index (χ1v) is 10.4. The molecule has 1 saturated heterocycles. The number of piperazine rings is 1. The van der Waals surface area contributed by atoms with Crippen molar-refractivity contribution in [2.45, 2.75) is 27.7 Å². The van der Waals surface area contributed by atoms with Crippen molar-refractivity contribution >= 4 is 46.0 Å². The van der Waals surface area contributed by atoms with Crippen LogP contribution >= 0.6 is 24.4 Å². The lowest BCUT2D eigenvalue weighted by atomic mass is 10.1. The lowest BCUT2D eigenvalue weighted by molar-refractivity contribution is 0.264. The largest absolute Gasteiger partial charge is 0.345 e. The molecular formula is C22H28N4S2. The molecule has 2 aromatic rings. The fourth-order valence-electron chi connectivity index (χ4n) is 3.24. The molecule has 1 aliphatic heterocycles. The van der Waals surface area contributed by atoms with Gasteiger partial charge in [0.15, 0.2) is 10.2 Å². The second-order valence-corrected chi connectivity index (χ2v) is 8.24. The van der Waals surface area contributed by atoms with Crippen LogP contribution in [0, 0.1) is 27.7 Å². The Morgan fingerprint density at radius 2 is 1.04 bits per heavy atom. The zero-order valence-electron chi connectivity index (χ0n) is 17.0. The van der Waals surface area contributed by atoms with Gasteiger partial charge in [0.2, 0.25) is 0 Å². The minimum Gasteiger partial charge on any atom is -0.345 e. The fourth-order valence-corrected chi connectivity index (χ4v) is 3.83. The predicted molar refractivity (Wildman–Crippen MR) is 127 cm³/mol. The Balaban J connectivity index is 1.55. The highest BCUT2D eigenvalue weighted by atomic mass is 32.1. The van der Waals surface area contributed by atoms with E-state index in [1.807, 2.05) is 0 Å². The average molecular weight is 413 g/mol. The number of anilines is 2. The summed E-state index contributed by atoms with van der Waals surface area (Å²) in [7, 11) is 0. The van der Waals surface area contributed by atoms with Crippen molar-refractivity contribution in [3.8, 4) is 0 Å². The molecule has 1 heterocycles. The molecule has 148 valence electrons. The third kappa shape index (κ3) is 5.00. The molecular weight excluding hydrogens is 384 g/mol. The molecule has 4 nitrogen and oxygen atoms in total. The molecule has 2 N–H and O–H groups in total. The maximum atomic E-state index is 5.65. The maximum absolute atomic E-state index is 5.65. The average Bonchev–Trinajstić information content (AvgIpc) is 2.67. The van der Waals surface area contributed by atoms with Gasteiger partial charge in [-0.05, 0) is 86.5 Å². The summed E-state index contributed by atoms with van der Waals surface area (Å²) in [6.45, 7) is 11.8. The molecule has 28 heavy (non-hydrogen) atoms. The fraction of sp³-hybridized carbons (Fsp3) is 0.364. The molecule has 0 spiro atoms. The van der Waals surface area contributed by atoms with Crippen molar-refractivity contribution in [2.75, 3.05) is 36.8 Å². The normalized spacial score (nSPS) is 14.0. The van der Waals surface area contributed by atoms with E-state index >= 15 is 0 Å². The molecule has 0 radical (unpaired) electrons. The number of nitrogens with zero attached hydrogens (tertiary/aromatic N) is 2. The van der Waals surface area contributed by atoms with Crippen molar-refractivity contribution in [3.05, 3.63) is 58.7 Å². The molecule has 1 fully saturated rings. The summed E-state index contributed by atoms with van der Waals surface area (Å²) < 4.78 is 0. The second-order valence-electron chi connectivity index (χ2n) is 7.47. The monoisotopic (exact) mass is 412 g/mol. The molecule has 2 aromatic carbocycles. The van der Waals surface area contributed by atoms with Crippen molar-refractivity contribution in [3.63, 3.8) is 0 Å². The van der Waals surface area contributed by atoms with Crippen LogP contribution in [0.25, 0.3) is 0 Å². The second kappa shape index (κ2) is 8.88. The van der Waals surface area contributed by atoms with Gasteiger partial charge in [-0.3, -0.25) is 0 Å². The number of hydrogen-bond acceptors (Lipinski definition) is 2. The molecule has 3 rings (SSSR count). The van der Waals surface area contributed by atoms with Gasteiger partial charge in [0.1, 0.15) is 0 Å². The minimum absolute atomic E-state index is 0.779. The summed E-state index contributed by atoms with van der Waals surface area (Å²) in [6, 6.07) is 12.8. The van der Waals surface area contributed by atoms with E-state index in [1.165, 1.54) is 22.3 Å². The van der Waals surface area contributed by atoms with Gasteiger partial charge in [-0.15, -0.1) is 0 Å². The first-order valence-electron chi connectivity index (χ1n) is 9.60. The number of hydrogen-bond donors (Lipinski definition) is 2. The maximum Gasteiger partial charge on any atom is 0.173 e. The van der Waals surface area contributed by atoms with Crippen LogP contribution in [0.5, 0.6) is 0 Å². The van der Waals surface area contributed by atoms with Crippen LogP contribution in [0.4, 0.5) is 11.4 Å². The van der Waals surface area contributed by atoms with Gasteiger partial charge in [0.25, 0.3) is 0 Å². The van der Waals surface area contributed by atoms with Gasteiger partial charge >= 0.3 is 0 Å². The van der Waals surface area contributed by atoms with Gasteiger partial charge in [0, 0.05) is 37.6 Å². The quantitative estimate of drug-likeness (QED) is 0.699. The molecule has 0 aromatic heterocycles. The van der Waals surface area contributed by atoms with E-state index in [0.29, 0.717) is 0 Å². The van der Waals surface area contributed by atoms with Gasteiger partial charge in [0.05, 0.1) is 0 Å². The lowest BCUT2D eigenvalue weighted by Crippen LogP contribution is -2.52. The van der Waals surface area contributed by atoms with Crippen molar-refractivity contribution in [1.82, 2.24) is 9.80 Å². The Morgan fingerprint density at radius 1 is 0.679 bits per heavy atom. The van der Waals surface area contributed by atoms with E-state index in [2.05, 4.69) is 84.5 Å². The van der Waals surface area contributed by atoms with Crippen LogP contribution < -0.4 is 10.6 Å². The number of rotatable bonds is 2. The molecule has 0 bridgehead atoms. The van der Waals surface area contributed by atoms with E-state index in [-0.39, 0.29) is 0 Å². The summed E-state index contributed by atoms with van der Waals surface area (Å²) in [4.78, 5) is 4.43. The summed E-state index contributed by atoms with van der Waals surface area (Å²) >= 11 is 11.3. The van der Waals surface area contributed by atoms with Crippen molar-refractivity contribution in [2.24, 2.45) is 0 Å². The Kier molecular flexibility index (Phi) is 6.52. The van der Waals surface area contributed by atoms with E-state index in [4.69, 9.17) is 24.4 Å². The molecule has 0 saturated carbocycles. The molecule has 0 amide bonds. The number of thiocarbonyl (C=S) groups is 2. The Hall–Kier alpha value is -2.18. The third-order valence-electron chi connectivity index (χ3n) is 5.12. The predicted octanol–water partition coefficient (Wildman–Crippen LogP) is 4.63. The molecule has 1 aliphatic rings. The summed E-state index contributed by atoms with van der Waals surface area (Å²) in [5.74, 6) is 0. The Morgan fingerprint density at radius 3 is 1.39 bits per heavy atom. The van der Waals surface area contributed by atoms with E-state index < -0.39 is 0 Å². The van der Waals surface area contributed by atoms with Crippen molar-refractivity contribution in [1.29, 1.82) is 0 Å². The van der Waals surface area contributed by atoms with Gasteiger partial charge < -0.3 is 20.4 Å². The highest BCUT2D eigenvalue weighted by molar-refractivity contribution is 7.80. The van der Waals surface area contributed by atoms with Crippen LogP contribution in [-0.2, 0) is 0 Å². The first-order chi connectivity index (χ1) is 13.3. The number of nitrogens with one attached hydrogen (secondary N) is 2. The van der Waals surface area contributed by atoms with Gasteiger partial charge in [-0.25, -0.2) is 0 Å². The number of benzene rings is 2. The zero-order valence-corrected chi connectivity index (χ0v) is 18.6. The topological polar surface area (TPSA) is 30.5 Å². The SMILES string of the molecule is Cc1ccc(C)c(NC(=S)N2CCN(C(=S)Nc3cc(C)ccc3C)CC2)c1. The van der Waals surface area contributed by atoms with E-state index in [0.717, 1.165) is 47.8 Å². The van der Waals surface area contributed by atoms with E-state index in [9.17, 15) is 0 Å². The van der Waals surface area contributed by atoms with Crippen LogP contribution in [0.15, 0.2) is 36.4 Å². The summed E-state index contributed by atoms with van der Waals surface area (Å²) in [5.41, 5.74) is 7.02. The van der Waals surface area contributed by atoms with Crippen LogP contribution in [-0.4, -0.2) is 46.2 Å². The standard InChI is InChI=1S/C22H28N4S2/c1-15-5-7-17(3)19(13-15)23-21(27)25-9-11-26(12-10-25)22(28)24-20-14-16(2)6-8-18(20)4/h5-8,13-14H,9-12H2,1-4H3,(H,23,27)(H,24,28). The Labute approximate surface area is 178 Å². The number of aryl methyl sites for hydroxylation is 4. The highest BCUT2D eigenvalue weighted by Crippen LogP contribution is 2.19. The summed E-state index contributed by atoms with van der Waals surface area (Å²) in [6.07, 6.45) is 0.